The van der Waals surface area contributed by atoms with Gasteiger partial charge in [0.15, 0.2) is 0 Å². The third-order valence-electron chi connectivity index (χ3n) is 5.24. The summed E-state index contributed by atoms with van der Waals surface area (Å²) in [7, 11) is 0. The quantitative estimate of drug-likeness (QED) is 0.817. The molecule has 2 amide bonds. The van der Waals surface area contributed by atoms with Crippen LogP contribution in [0, 0.1) is 5.92 Å². The number of fused-ring (bicyclic) bond motifs is 4. The van der Waals surface area contributed by atoms with Crippen LogP contribution in [0.1, 0.15) is 33.7 Å². The van der Waals surface area contributed by atoms with Crippen molar-refractivity contribution in [1.82, 2.24) is 14.8 Å². The van der Waals surface area contributed by atoms with Crippen molar-refractivity contribution in [1.29, 1.82) is 0 Å². The highest BCUT2D eigenvalue weighted by Gasteiger charge is 2.39. The summed E-state index contributed by atoms with van der Waals surface area (Å²) in [6.45, 7) is 1.93. The number of hydrogen-bond donors (Lipinski definition) is 0. The second kappa shape index (κ2) is 7.08. The minimum Gasteiger partial charge on any atom is -0.335 e. The topological polar surface area (TPSA) is 53.5 Å². The Labute approximate surface area is 157 Å². The molecule has 134 valence electrons. The number of rotatable bonds is 2. The normalized spacial score (nSPS) is 22.2. The molecule has 1 aromatic heterocycles. The van der Waals surface area contributed by atoms with E-state index < -0.39 is 0 Å². The first kappa shape index (κ1) is 17.0. The van der Waals surface area contributed by atoms with Gasteiger partial charge in [-0.05, 0) is 55.2 Å². The standard InChI is InChI=1S/C20H20ClN3O2/c21-16-7-5-15(6-8-16)19(25)24-12-14-4-9-17(24)13-23(11-14)20(26)18-3-1-2-10-22-18/h1-3,5-8,10,14,17H,4,9,11-13H2/t14-,17+/m0/s1. The van der Waals surface area contributed by atoms with Gasteiger partial charge in [0.25, 0.3) is 11.8 Å². The Bertz CT molecular complexity index is 810. The Hall–Kier alpha value is -2.40. The lowest BCUT2D eigenvalue weighted by Gasteiger charge is -2.36. The van der Waals surface area contributed by atoms with Crippen molar-refractivity contribution in [3.8, 4) is 0 Å². The van der Waals surface area contributed by atoms with Gasteiger partial charge >= 0.3 is 0 Å². The predicted octanol–water partition coefficient (Wildman–Crippen LogP) is 3.11. The van der Waals surface area contributed by atoms with Crippen LogP contribution in [0.3, 0.4) is 0 Å². The molecule has 3 saturated heterocycles. The Morgan fingerprint density at radius 2 is 1.77 bits per heavy atom. The molecule has 0 radical (unpaired) electrons. The molecule has 2 atom stereocenters. The van der Waals surface area contributed by atoms with Crippen molar-refractivity contribution < 1.29 is 9.59 Å². The highest BCUT2D eigenvalue weighted by Crippen LogP contribution is 2.30. The maximum atomic E-state index is 13.0. The van der Waals surface area contributed by atoms with Gasteiger partial charge in [0.2, 0.25) is 0 Å². The lowest BCUT2D eigenvalue weighted by atomic mass is 9.94. The Morgan fingerprint density at radius 1 is 0.962 bits per heavy atom. The summed E-state index contributed by atoms with van der Waals surface area (Å²) in [5.41, 5.74) is 1.11. The summed E-state index contributed by atoms with van der Waals surface area (Å²) in [4.78, 5) is 33.7. The molecule has 2 aromatic rings. The maximum absolute atomic E-state index is 13.0. The number of piperidine rings is 1. The fourth-order valence-electron chi connectivity index (χ4n) is 3.91. The third kappa shape index (κ3) is 3.31. The number of benzene rings is 1. The smallest absolute Gasteiger partial charge is 0.272 e. The average molecular weight is 370 g/mol. The molecule has 5 rings (SSSR count). The van der Waals surface area contributed by atoms with E-state index in [1.807, 2.05) is 15.9 Å². The Morgan fingerprint density at radius 3 is 2.50 bits per heavy atom. The van der Waals surface area contributed by atoms with Crippen LogP contribution in [0.15, 0.2) is 48.7 Å². The predicted molar refractivity (Wildman–Crippen MR) is 99.1 cm³/mol. The second-order valence-corrected chi connectivity index (χ2v) is 7.42. The van der Waals surface area contributed by atoms with Crippen LogP contribution in [-0.2, 0) is 0 Å². The molecule has 6 heteroatoms. The zero-order chi connectivity index (χ0) is 18.1. The van der Waals surface area contributed by atoms with E-state index in [2.05, 4.69) is 4.98 Å². The van der Waals surface area contributed by atoms with E-state index in [1.165, 1.54) is 0 Å². The van der Waals surface area contributed by atoms with Gasteiger partial charge in [-0.3, -0.25) is 14.6 Å². The van der Waals surface area contributed by atoms with Crippen molar-refractivity contribution in [3.05, 3.63) is 64.9 Å². The SMILES string of the molecule is O=C(c1ccccn1)N1C[C@@H]2CC[C@H](C1)N(C(=O)c1ccc(Cl)cc1)C2. The fourth-order valence-corrected chi connectivity index (χ4v) is 4.03. The number of nitrogens with zero attached hydrogens (tertiary/aromatic N) is 3. The highest BCUT2D eigenvalue weighted by atomic mass is 35.5. The molecule has 2 bridgehead atoms. The van der Waals surface area contributed by atoms with Crippen LogP contribution < -0.4 is 0 Å². The number of hydrogen-bond acceptors (Lipinski definition) is 3. The van der Waals surface area contributed by atoms with Crippen molar-refractivity contribution in [2.45, 2.75) is 18.9 Å². The molecule has 3 aliphatic rings. The van der Waals surface area contributed by atoms with Gasteiger partial charge in [-0.15, -0.1) is 0 Å². The van der Waals surface area contributed by atoms with Gasteiger partial charge in [0.05, 0.1) is 0 Å². The summed E-state index contributed by atoms with van der Waals surface area (Å²) in [6.07, 6.45) is 3.60. The van der Waals surface area contributed by atoms with Gasteiger partial charge in [-0.1, -0.05) is 17.7 Å². The maximum Gasteiger partial charge on any atom is 0.272 e. The molecule has 0 saturated carbocycles. The third-order valence-corrected chi connectivity index (χ3v) is 5.49. The molecule has 26 heavy (non-hydrogen) atoms. The molecule has 3 aliphatic heterocycles. The van der Waals surface area contributed by atoms with Crippen molar-refractivity contribution in [3.63, 3.8) is 0 Å². The number of carbonyl (C=O) groups excluding carboxylic acids is 2. The van der Waals surface area contributed by atoms with Gasteiger partial charge in [0, 0.05) is 42.5 Å². The van der Waals surface area contributed by atoms with Crippen LogP contribution in [0.25, 0.3) is 0 Å². The zero-order valence-electron chi connectivity index (χ0n) is 14.3. The lowest BCUT2D eigenvalue weighted by Crippen LogP contribution is -2.47. The summed E-state index contributed by atoms with van der Waals surface area (Å²) < 4.78 is 0. The second-order valence-electron chi connectivity index (χ2n) is 6.99. The number of carbonyl (C=O) groups is 2. The molecule has 4 heterocycles. The number of halogens is 1. The van der Waals surface area contributed by atoms with Crippen molar-refractivity contribution in [2.75, 3.05) is 19.6 Å². The number of aromatic nitrogens is 1. The summed E-state index contributed by atoms with van der Waals surface area (Å²) in [5, 5.41) is 0.617. The number of amides is 2. The minimum atomic E-state index is -0.0525. The first-order chi connectivity index (χ1) is 12.6. The molecular formula is C20H20ClN3O2. The van der Waals surface area contributed by atoms with E-state index in [4.69, 9.17) is 11.6 Å². The minimum absolute atomic E-state index is 0.0171. The van der Waals surface area contributed by atoms with E-state index in [0.29, 0.717) is 41.8 Å². The first-order valence-electron chi connectivity index (χ1n) is 8.88. The molecule has 5 nitrogen and oxygen atoms in total. The van der Waals surface area contributed by atoms with Crippen LogP contribution in [0.2, 0.25) is 5.02 Å². The zero-order valence-corrected chi connectivity index (χ0v) is 15.1. The van der Waals surface area contributed by atoms with Gasteiger partial charge in [-0.25, -0.2) is 0 Å². The van der Waals surface area contributed by atoms with Gasteiger partial charge < -0.3 is 9.80 Å². The van der Waals surface area contributed by atoms with Crippen LogP contribution in [-0.4, -0.2) is 52.3 Å². The molecule has 0 spiro atoms. The molecule has 0 aliphatic carbocycles. The van der Waals surface area contributed by atoms with E-state index in [0.717, 1.165) is 12.8 Å². The van der Waals surface area contributed by atoms with Crippen LogP contribution in [0.4, 0.5) is 0 Å². The Kier molecular flexibility index (Phi) is 4.64. The van der Waals surface area contributed by atoms with E-state index in [1.54, 1.807) is 42.6 Å². The van der Waals surface area contributed by atoms with Gasteiger partial charge in [0.1, 0.15) is 5.69 Å². The van der Waals surface area contributed by atoms with Crippen LogP contribution >= 0.6 is 11.6 Å². The molecule has 3 fully saturated rings. The summed E-state index contributed by atoms with van der Waals surface area (Å²) in [6, 6.07) is 12.4. The van der Waals surface area contributed by atoms with E-state index >= 15 is 0 Å². The lowest BCUT2D eigenvalue weighted by molar-refractivity contribution is 0.0574. The molecular weight excluding hydrogens is 350 g/mol. The largest absolute Gasteiger partial charge is 0.335 e. The average Bonchev–Trinajstić information content (AvgIpc) is 3.00. The van der Waals surface area contributed by atoms with Gasteiger partial charge in [-0.2, -0.15) is 0 Å². The van der Waals surface area contributed by atoms with Crippen molar-refractivity contribution >= 4 is 23.4 Å². The molecule has 1 aromatic carbocycles. The first-order valence-corrected chi connectivity index (χ1v) is 9.26. The van der Waals surface area contributed by atoms with Crippen LogP contribution in [0.5, 0.6) is 0 Å². The molecule has 0 N–H and O–H groups in total. The van der Waals surface area contributed by atoms with Crippen molar-refractivity contribution in [2.24, 2.45) is 5.92 Å². The number of pyridine rings is 1. The van der Waals surface area contributed by atoms with E-state index in [9.17, 15) is 9.59 Å². The fraction of sp³-hybridized carbons (Fsp3) is 0.350. The summed E-state index contributed by atoms with van der Waals surface area (Å²) in [5.74, 6) is 0.268. The highest BCUT2D eigenvalue weighted by molar-refractivity contribution is 6.30. The monoisotopic (exact) mass is 369 g/mol. The Balaban J connectivity index is 1.54. The molecule has 0 unspecified atom stereocenters. The van der Waals surface area contributed by atoms with E-state index in [-0.39, 0.29) is 17.9 Å². The summed E-state index contributed by atoms with van der Waals surface area (Å²) >= 11 is 5.93.